The minimum Gasteiger partial charge on any atom is -0.480 e. The molecule has 6 rings (SSSR count). The average Bonchev–Trinajstić information content (AvgIpc) is 3.68. The van der Waals surface area contributed by atoms with E-state index >= 15 is 0 Å². The van der Waals surface area contributed by atoms with E-state index in [1.165, 1.54) is 12.1 Å². The Morgan fingerprint density at radius 1 is 0.475 bits per heavy atom. The first-order valence-electron chi connectivity index (χ1n) is 18.8. The summed E-state index contributed by atoms with van der Waals surface area (Å²) in [5.41, 5.74) is 1.93. The van der Waals surface area contributed by atoms with Crippen molar-refractivity contribution in [3.05, 3.63) is 106 Å². The lowest BCUT2D eigenvalue weighted by molar-refractivity contribution is -0.152. The molecular formula is C43H45Br2N3O11. The fraction of sp³-hybridized carbons (Fsp3) is 0.372. The summed E-state index contributed by atoms with van der Waals surface area (Å²) in [4.78, 5) is 112. The van der Waals surface area contributed by atoms with Crippen molar-refractivity contribution < 1.29 is 53.0 Å². The minimum absolute atomic E-state index is 0.0777. The molecule has 0 radical (unpaired) electrons. The summed E-state index contributed by atoms with van der Waals surface area (Å²) >= 11 is 6.16. The molecule has 0 saturated heterocycles. The number of rotatable bonds is 11. The van der Waals surface area contributed by atoms with Gasteiger partial charge in [0.1, 0.15) is 18.1 Å². The van der Waals surface area contributed by atoms with Gasteiger partial charge in [0, 0.05) is 5.92 Å². The van der Waals surface area contributed by atoms with Crippen LogP contribution in [0.15, 0.2) is 72.8 Å². The van der Waals surface area contributed by atoms with Crippen molar-refractivity contribution in [2.45, 2.75) is 78.5 Å². The van der Waals surface area contributed by atoms with Crippen LogP contribution < -0.4 is 0 Å². The largest absolute Gasteiger partial charge is 0.480 e. The zero-order valence-corrected chi connectivity index (χ0v) is 36.8. The Kier molecular flexibility index (Phi) is 15.0. The van der Waals surface area contributed by atoms with Gasteiger partial charge in [-0.1, -0.05) is 91.8 Å². The van der Waals surface area contributed by atoms with Gasteiger partial charge in [-0.25, -0.2) is 9.59 Å². The predicted octanol–water partition coefficient (Wildman–Crippen LogP) is 6.85. The van der Waals surface area contributed by atoms with E-state index in [0.717, 1.165) is 14.7 Å². The number of hydrogen-bond donors (Lipinski definition) is 1. The molecule has 14 nitrogen and oxygen atoms in total. The standard InChI is InChI=1S/C17H20BrNO4.C13H12BrNO3.C13H13NO4/c1-9(2)13(17(22)23-14(18)10(3)4)19-15(20)11-7-5-6-8-12(11)16(19)21;1-7(2)10(11(14)16)15-12(17)8-5-3-4-6-9(8)13(15)18;1-7(2)10(13(17)18)14-11(15)8-5-3-4-6-9(8)12(14)16/h5-10,13-14H,1-4H3;3-7,10H,1-2H3;3-7,10H,1-2H3,(H,17,18). The number of amides is 6. The van der Waals surface area contributed by atoms with Crippen molar-refractivity contribution in [1.82, 2.24) is 14.7 Å². The van der Waals surface area contributed by atoms with Crippen molar-refractivity contribution in [3.63, 3.8) is 0 Å². The maximum absolute atomic E-state index is 12.6. The molecule has 3 aromatic carbocycles. The zero-order chi connectivity index (χ0) is 44.2. The second-order valence-electron chi connectivity index (χ2n) is 15.3. The molecule has 6 amide bonds. The maximum atomic E-state index is 12.6. The Labute approximate surface area is 358 Å². The van der Waals surface area contributed by atoms with Crippen LogP contribution in [0.1, 0.15) is 118 Å². The molecule has 4 unspecified atom stereocenters. The zero-order valence-electron chi connectivity index (χ0n) is 33.7. The number of esters is 1. The summed E-state index contributed by atoms with van der Waals surface area (Å²) < 4.78 is 5.02. The molecule has 3 aliphatic heterocycles. The van der Waals surface area contributed by atoms with Crippen LogP contribution in [0.25, 0.3) is 0 Å². The summed E-state index contributed by atoms with van der Waals surface area (Å²) in [6.45, 7) is 14.3. The lowest BCUT2D eigenvalue weighted by atomic mass is 10.0. The highest BCUT2D eigenvalue weighted by atomic mass is 79.9. The van der Waals surface area contributed by atoms with Crippen LogP contribution in [-0.4, -0.2) is 95.0 Å². The number of carboxylic acids is 1. The molecule has 3 heterocycles. The van der Waals surface area contributed by atoms with Gasteiger partial charge in [-0.05, 0) is 86.0 Å². The van der Waals surface area contributed by atoms with Gasteiger partial charge < -0.3 is 9.84 Å². The molecule has 16 heteroatoms. The minimum atomic E-state index is -1.17. The Morgan fingerprint density at radius 3 is 0.949 bits per heavy atom. The van der Waals surface area contributed by atoms with Gasteiger partial charge in [0.05, 0.1) is 33.4 Å². The van der Waals surface area contributed by atoms with Crippen molar-refractivity contribution in [3.8, 4) is 0 Å². The summed E-state index contributed by atoms with van der Waals surface area (Å²) in [7, 11) is 0. The summed E-state index contributed by atoms with van der Waals surface area (Å²) in [6.07, 6.45) is 0. The van der Waals surface area contributed by atoms with E-state index < -0.39 is 70.5 Å². The Balaban J connectivity index is 0.000000198. The molecule has 0 aliphatic carbocycles. The van der Waals surface area contributed by atoms with E-state index in [-0.39, 0.29) is 39.5 Å². The molecule has 0 saturated carbocycles. The molecule has 3 aromatic rings. The van der Waals surface area contributed by atoms with Gasteiger partial charge in [-0.15, -0.1) is 0 Å². The number of hydrogen-bond acceptors (Lipinski definition) is 10. The first-order chi connectivity index (χ1) is 27.6. The third-order valence-electron chi connectivity index (χ3n) is 9.69. The number of halogens is 2. The lowest BCUT2D eigenvalue weighted by Gasteiger charge is -2.29. The second-order valence-corrected chi connectivity index (χ2v) is 17.0. The first kappa shape index (κ1) is 46.3. The summed E-state index contributed by atoms with van der Waals surface area (Å²) in [6, 6.07) is 16.7. The van der Waals surface area contributed by atoms with E-state index in [2.05, 4.69) is 31.9 Å². The van der Waals surface area contributed by atoms with E-state index in [1.807, 2.05) is 13.8 Å². The number of fused-ring (bicyclic) bond motifs is 3. The summed E-state index contributed by atoms with van der Waals surface area (Å²) in [5, 5.41) is 8.71. The highest BCUT2D eigenvalue weighted by Gasteiger charge is 2.46. The number of ether oxygens (including phenoxy) is 1. The van der Waals surface area contributed by atoms with Crippen molar-refractivity contribution in [2.24, 2.45) is 23.7 Å². The monoisotopic (exact) mass is 937 g/mol. The number of aliphatic carboxylic acids is 1. The Morgan fingerprint density at radius 2 is 0.729 bits per heavy atom. The van der Waals surface area contributed by atoms with Gasteiger partial charge in [-0.2, -0.15) is 0 Å². The Bertz CT molecular complexity index is 2000. The normalized spacial score (nSPS) is 16.3. The van der Waals surface area contributed by atoms with Gasteiger partial charge >= 0.3 is 11.9 Å². The molecule has 3 aliphatic rings. The smallest absolute Gasteiger partial charge is 0.330 e. The molecule has 59 heavy (non-hydrogen) atoms. The quantitative estimate of drug-likeness (QED) is 0.0916. The van der Waals surface area contributed by atoms with Crippen LogP contribution in [0.5, 0.6) is 0 Å². The number of imide groups is 3. The first-order valence-corrected chi connectivity index (χ1v) is 20.5. The van der Waals surface area contributed by atoms with Crippen LogP contribution in [0.4, 0.5) is 0 Å². The molecule has 0 spiro atoms. The van der Waals surface area contributed by atoms with E-state index in [0.29, 0.717) is 22.3 Å². The number of alkyl halides is 1. The molecule has 312 valence electrons. The fourth-order valence-electron chi connectivity index (χ4n) is 6.73. The van der Waals surface area contributed by atoms with E-state index in [1.54, 1.807) is 102 Å². The van der Waals surface area contributed by atoms with Crippen molar-refractivity contribution >= 4 is 83.9 Å². The third kappa shape index (κ3) is 9.43. The topological polar surface area (TPSA) is 193 Å². The molecule has 4 atom stereocenters. The molecular weight excluding hydrogens is 894 g/mol. The van der Waals surface area contributed by atoms with Gasteiger partial charge in [0.15, 0.2) is 5.01 Å². The van der Waals surface area contributed by atoms with Gasteiger partial charge in [-0.3, -0.25) is 48.3 Å². The van der Waals surface area contributed by atoms with Gasteiger partial charge in [0.25, 0.3) is 35.4 Å². The van der Waals surface area contributed by atoms with Crippen LogP contribution in [-0.2, 0) is 19.1 Å². The predicted molar refractivity (Wildman–Crippen MR) is 222 cm³/mol. The SMILES string of the molecule is CC(C)C(Br)OC(=O)C(C(C)C)N1C(=O)c2ccccc2C1=O.CC(C)C(C(=O)Br)N1C(=O)c2ccccc2C1=O.CC(C)C(C(=O)O)N1C(=O)c2ccccc2C1=O. The number of carbonyl (C=O) groups is 9. The van der Waals surface area contributed by atoms with E-state index in [9.17, 15) is 48.3 Å². The number of benzene rings is 3. The third-order valence-corrected chi connectivity index (χ3v) is 11.4. The van der Waals surface area contributed by atoms with Crippen LogP contribution >= 0.6 is 31.9 Å². The van der Waals surface area contributed by atoms with Crippen molar-refractivity contribution in [1.29, 1.82) is 0 Å². The van der Waals surface area contributed by atoms with Crippen LogP contribution in [0.2, 0.25) is 0 Å². The molecule has 0 fully saturated rings. The lowest BCUT2D eigenvalue weighted by Crippen LogP contribution is -2.49. The molecule has 0 bridgehead atoms. The van der Waals surface area contributed by atoms with Gasteiger partial charge in [0.2, 0.25) is 4.69 Å². The summed E-state index contributed by atoms with van der Waals surface area (Å²) in [5.74, 6) is -5.16. The Hall–Kier alpha value is -5.35. The maximum Gasteiger partial charge on any atom is 0.330 e. The average molecular weight is 940 g/mol. The fourth-order valence-corrected chi connectivity index (χ4v) is 7.65. The second kappa shape index (κ2) is 19.1. The van der Waals surface area contributed by atoms with Crippen molar-refractivity contribution in [2.75, 3.05) is 0 Å². The number of carboxylic acid groups (broad SMARTS) is 1. The number of nitrogens with zero attached hydrogens (tertiary/aromatic N) is 3. The van der Waals surface area contributed by atoms with Crippen LogP contribution in [0, 0.1) is 23.7 Å². The molecule has 1 N–H and O–H groups in total. The van der Waals surface area contributed by atoms with Crippen LogP contribution in [0.3, 0.4) is 0 Å². The number of carbonyl (C=O) groups excluding carboxylic acids is 8. The molecule has 0 aromatic heterocycles. The highest BCUT2D eigenvalue weighted by Crippen LogP contribution is 2.31. The van der Waals surface area contributed by atoms with E-state index in [4.69, 9.17) is 4.74 Å². The highest BCUT2D eigenvalue weighted by molar-refractivity contribution is 9.18.